The zero-order valence-electron chi connectivity index (χ0n) is 15.6. The third-order valence-corrected chi connectivity index (χ3v) is 5.91. The minimum Gasteiger partial charge on any atom is -0.495 e. The molecule has 7 nitrogen and oxygen atoms in total. The van der Waals surface area contributed by atoms with E-state index in [0.29, 0.717) is 16.9 Å². The molecular formula is C20H18BrN3O4S. The van der Waals surface area contributed by atoms with Crippen molar-refractivity contribution in [3.63, 3.8) is 0 Å². The Morgan fingerprint density at radius 2 is 1.72 bits per heavy atom. The van der Waals surface area contributed by atoms with Gasteiger partial charge in [-0.3, -0.25) is 14.5 Å². The topological polar surface area (TPSA) is 97.4 Å². The summed E-state index contributed by atoms with van der Waals surface area (Å²) < 4.78 is 34.3. The molecule has 2 aromatic carbocycles. The van der Waals surface area contributed by atoms with Gasteiger partial charge in [-0.25, -0.2) is 8.42 Å². The molecule has 1 aromatic heterocycles. The Morgan fingerprint density at radius 1 is 1.03 bits per heavy atom. The summed E-state index contributed by atoms with van der Waals surface area (Å²) in [4.78, 5) is 16.4. The van der Waals surface area contributed by atoms with Gasteiger partial charge in [0.2, 0.25) is 0 Å². The quantitative estimate of drug-likeness (QED) is 0.556. The van der Waals surface area contributed by atoms with Gasteiger partial charge < -0.3 is 10.1 Å². The molecule has 0 spiro atoms. The standard InChI is InChI=1S/C20H18BrN3O4S/c1-13-3-4-14(12-22-13)20(25)23-17-9-10-18(28-2)19(11-17)29(26,27)24-16-7-5-15(21)6-8-16/h3-12,24H,1-2H3,(H,23,25). The van der Waals surface area contributed by atoms with E-state index in [0.717, 1.165) is 10.2 Å². The van der Waals surface area contributed by atoms with Crippen LogP contribution in [0.25, 0.3) is 0 Å². The third-order valence-electron chi connectivity index (χ3n) is 3.98. The number of carbonyl (C=O) groups excluding carboxylic acids is 1. The number of anilines is 2. The lowest BCUT2D eigenvalue weighted by Crippen LogP contribution is -2.16. The number of aromatic nitrogens is 1. The van der Waals surface area contributed by atoms with Crippen LogP contribution in [0, 0.1) is 6.92 Å². The molecule has 0 aliphatic rings. The number of nitrogens with zero attached hydrogens (tertiary/aromatic N) is 1. The molecule has 9 heteroatoms. The molecule has 0 saturated heterocycles. The maximum absolute atomic E-state index is 12.9. The number of pyridine rings is 1. The first-order valence-electron chi connectivity index (χ1n) is 8.49. The summed E-state index contributed by atoms with van der Waals surface area (Å²) in [6.45, 7) is 1.82. The number of sulfonamides is 1. The third kappa shape index (κ3) is 5.12. The molecule has 1 heterocycles. The average Bonchev–Trinajstić information content (AvgIpc) is 2.70. The molecule has 0 atom stereocenters. The molecule has 0 radical (unpaired) electrons. The van der Waals surface area contributed by atoms with Gasteiger partial charge in [-0.1, -0.05) is 15.9 Å². The SMILES string of the molecule is COc1ccc(NC(=O)c2ccc(C)nc2)cc1S(=O)(=O)Nc1ccc(Br)cc1. The van der Waals surface area contributed by atoms with Crippen LogP contribution in [-0.4, -0.2) is 26.4 Å². The average molecular weight is 476 g/mol. The molecule has 3 aromatic rings. The fourth-order valence-corrected chi connectivity index (χ4v) is 4.02. The number of hydrogen-bond donors (Lipinski definition) is 2. The normalized spacial score (nSPS) is 11.0. The number of rotatable bonds is 6. The van der Waals surface area contributed by atoms with Gasteiger partial charge in [0.25, 0.3) is 15.9 Å². The molecule has 2 N–H and O–H groups in total. The number of carbonyl (C=O) groups is 1. The van der Waals surface area contributed by atoms with Crippen LogP contribution in [-0.2, 0) is 10.0 Å². The number of aryl methyl sites for hydroxylation is 1. The molecule has 0 aliphatic heterocycles. The zero-order chi connectivity index (χ0) is 21.0. The summed E-state index contributed by atoms with van der Waals surface area (Å²) in [5.41, 5.74) is 1.87. The van der Waals surface area contributed by atoms with Gasteiger partial charge in [-0.2, -0.15) is 0 Å². The van der Waals surface area contributed by atoms with Crippen molar-refractivity contribution in [2.24, 2.45) is 0 Å². The van der Waals surface area contributed by atoms with Gasteiger partial charge in [0, 0.05) is 27.7 Å². The van der Waals surface area contributed by atoms with Gasteiger partial charge in [-0.05, 0) is 61.5 Å². The summed E-state index contributed by atoms with van der Waals surface area (Å²) in [6, 6.07) is 14.5. The molecule has 29 heavy (non-hydrogen) atoms. The largest absolute Gasteiger partial charge is 0.495 e. The second-order valence-corrected chi connectivity index (χ2v) is 8.69. The summed E-state index contributed by atoms with van der Waals surface area (Å²) >= 11 is 3.31. The minimum absolute atomic E-state index is 0.0947. The Balaban J connectivity index is 1.88. The maximum Gasteiger partial charge on any atom is 0.265 e. The predicted octanol–water partition coefficient (Wildman–Crippen LogP) is 4.21. The van der Waals surface area contributed by atoms with Crippen LogP contribution in [0.2, 0.25) is 0 Å². The predicted molar refractivity (Wildman–Crippen MR) is 115 cm³/mol. The van der Waals surface area contributed by atoms with Crippen molar-refractivity contribution in [1.29, 1.82) is 0 Å². The van der Waals surface area contributed by atoms with E-state index < -0.39 is 15.9 Å². The first-order chi connectivity index (χ1) is 13.8. The number of nitrogens with one attached hydrogen (secondary N) is 2. The highest BCUT2D eigenvalue weighted by molar-refractivity contribution is 9.10. The maximum atomic E-state index is 12.9. The first kappa shape index (κ1) is 20.8. The number of benzene rings is 2. The second kappa shape index (κ2) is 8.62. The van der Waals surface area contributed by atoms with E-state index in [1.807, 2.05) is 6.92 Å². The Labute approximate surface area is 177 Å². The molecule has 3 rings (SSSR count). The van der Waals surface area contributed by atoms with Gasteiger partial charge >= 0.3 is 0 Å². The first-order valence-corrected chi connectivity index (χ1v) is 10.8. The molecule has 0 aliphatic carbocycles. The minimum atomic E-state index is -3.95. The highest BCUT2D eigenvalue weighted by Gasteiger charge is 2.21. The summed E-state index contributed by atoms with van der Waals surface area (Å²) in [5, 5.41) is 2.68. The van der Waals surface area contributed by atoms with E-state index in [-0.39, 0.29) is 10.6 Å². The molecular weight excluding hydrogens is 458 g/mol. The van der Waals surface area contributed by atoms with E-state index in [4.69, 9.17) is 4.74 Å². The summed E-state index contributed by atoms with van der Waals surface area (Å²) in [5.74, 6) is -0.239. The monoisotopic (exact) mass is 475 g/mol. The smallest absolute Gasteiger partial charge is 0.265 e. The van der Waals surface area contributed by atoms with E-state index in [1.165, 1.54) is 25.4 Å². The lowest BCUT2D eigenvalue weighted by Gasteiger charge is -2.14. The lowest BCUT2D eigenvalue weighted by atomic mass is 10.2. The molecule has 150 valence electrons. The van der Waals surface area contributed by atoms with Gasteiger partial charge in [0.05, 0.1) is 12.7 Å². The molecule has 0 fully saturated rings. The van der Waals surface area contributed by atoms with Crippen molar-refractivity contribution in [2.45, 2.75) is 11.8 Å². The van der Waals surface area contributed by atoms with Gasteiger partial charge in [-0.15, -0.1) is 0 Å². The van der Waals surface area contributed by atoms with Crippen LogP contribution in [0.1, 0.15) is 16.1 Å². The van der Waals surface area contributed by atoms with Crippen LogP contribution in [0.3, 0.4) is 0 Å². The van der Waals surface area contributed by atoms with E-state index in [9.17, 15) is 13.2 Å². The highest BCUT2D eigenvalue weighted by atomic mass is 79.9. The Kier molecular flexibility index (Phi) is 6.19. The second-order valence-electron chi connectivity index (χ2n) is 6.12. The number of amides is 1. The van der Waals surface area contributed by atoms with Crippen molar-refractivity contribution in [3.8, 4) is 5.75 Å². The molecule has 1 amide bonds. The fourth-order valence-electron chi connectivity index (χ4n) is 2.50. The summed E-state index contributed by atoms with van der Waals surface area (Å²) in [6.07, 6.45) is 1.46. The fraction of sp³-hybridized carbons (Fsp3) is 0.100. The van der Waals surface area contributed by atoms with Crippen molar-refractivity contribution in [2.75, 3.05) is 17.1 Å². The van der Waals surface area contributed by atoms with Crippen molar-refractivity contribution >= 4 is 43.2 Å². The van der Waals surface area contributed by atoms with Crippen LogP contribution in [0.5, 0.6) is 5.75 Å². The van der Waals surface area contributed by atoms with Crippen molar-refractivity contribution in [1.82, 2.24) is 4.98 Å². The van der Waals surface area contributed by atoms with Crippen LogP contribution in [0.4, 0.5) is 11.4 Å². The van der Waals surface area contributed by atoms with Gasteiger partial charge in [0.1, 0.15) is 10.6 Å². The van der Waals surface area contributed by atoms with E-state index in [2.05, 4.69) is 31.0 Å². The molecule has 0 saturated carbocycles. The lowest BCUT2D eigenvalue weighted by molar-refractivity contribution is 0.102. The summed E-state index contributed by atoms with van der Waals surface area (Å²) in [7, 11) is -2.57. The van der Waals surface area contributed by atoms with Crippen molar-refractivity contribution in [3.05, 3.63) is 76.5 Å². The highest BCUT2D eigenvalue weighted by Crippen LogP contribution is 2.29. The Morgan fingerprint density at radius 3 is 2.34 bits per heavy atom. The number of halogens is 1. The Hall–Kier alpha value is -2.91. The number of ether oxygens (including phenoxy) is 1. The van der Waals surface area contributed by atoms with E-state index in [1.54, 1.807) is 42.5 Å². The van der Waals surface area contributed by atoms with Gasteiger partial charge in [0.15, 0.2) is 0 Å². The molecule has 0 bridgehead atoms. The number of methoxy groups -OCH3 is 1. The zero-order valence-corrected chi connectivity index (χ0v) is 18.0. The number of hydrogen-bond acceptors (Lipinski definition) is 5. The molecule has 0 unspecified atom stereocenters. The van der Waals surface area contributed by atoms with Crippen LogP contribution in [0.15, 0.2) is 70.2 Å². The van der Waals surface area contributed by atoms with Crippen LogP contribution >= 0.6 is 15.9 Å². The van der Waals surface area contributed by atoms with Crippen molar-refractivity contribution < 1.29 is 17.9 Å². The van der Waals surface area contributed by atoms with E-state index >= 15 is 0 Å². The van der Waals surface area contributed by atoms with Crippen LogP contribution < -0.4 is 14.8 Å². The Bertz CT molecular complexity index is 1130.